The van der Waals surface area contributed by atoms with E-state index in [4.69, 9.17) is 12.2 Å². The van der Waals surface area contributed by atoms with Crippen LogP contribution in [0.4, 0.5) is 0 Å². The summed E-state index contributed by atoms with van der Waals surface area (Å²) >= 11 is 5.09. The third-order valence-corrected chi connectivity index (χ3v) is 2.51. The van der Waals surface area contributed by atoms with E-state index in [0.29, 0.717) is 4.77 Å². The van der Waals surface area contributed by atoms with Crippen molar-refractivity contribution >= 4 is 12.2 Å². The lowest BCUT2D eigenvalue weighted by Gasteiger charge is -2.02. The average molecular weight is 221 g/mol. The molecule has 15 heavy (non-hydrogen) atoms. The van der Waals surface area contributed by atoms with Crippen molar-refractivity contribution in [3.8, 4) is 17.1 Å². The largest absolute Gasteiger partial charge is 0.508 e. The molecule has 0 aliphatic rings. The molecule has 0 amide bonds. The lowest BCUT2D eigenvalue weighted by molar-refractivity contribution is 0.475. The van der Waals surface area contributed by atoms with Gasteiger partial charge in [-0.3, -0.25) is 5.10 Å². The van der Waals surface area contributed by atoms with Gasteiger partial charge in [0.15, 0.2) is 10.6 Å². The van der Waals surface area contributed by atoms with E-state index < -0.39 is 0 Å². The number of rotatable bonds is 2. The first-order valence-corrected chi connectivity index (χ1v) is 5.08. The van der Waals surface area contributed by atoms with Crippen LogP contribution in [-0.2, 0) is 6.54 Å². The second-order valence-corrected chi connectivity index (χ2v) is 3.53. The second-order valence-electron chi connectivity index (χ2n) is 3.14. The minimum Gasteiger partial charge on any atom is -0.508 e. The first-order valence-electron chi connectivity index (χ1n) is 4.67. The maximum absolute atomic E-state index is 9.18. The smallest absolute Gasteiger partial charge is 0.195 e. The highest BCUT2D eigenvalue weighted by atomic mass is 32.1. The fourth-order valence-electron chi connectivity index (χ4n) is 1.44. The van der Waals surface area contributed by atoms with Gasteiger partial charge in [-0.1, -0.05) is 0 Å². The molecule has 78 valence electrons. The summed E-state index contributed by atoms with van der Waals surface area (Å²) in [4.78, 5) is 0. The Kier molecular flexibility index (Phi) is 2.55. The van der Waals surface area contributed by atoms with Crippen molar-refractivity contribution in [1.82, 2.24) is 14.8 Å². The van der Waals surface area contributed by atoms with Crippen molar-refractivity contribution in [1.29, 1.82) is 0 Å². The Morgan fingerprint density at radius 2 is 2.07 bits per heavy atom. The number of benzene rings is 1. The SMILES string of the molecule is CCn1c(-c2ccc(O)cc2)n[nH]c1=S. The molecule has 0 saturated heterocycles. The molecule has 0 aliphatic heterocycles. The highest BCUT2D eigenvalue weighted by Crippen LogP contribution is 2.19. The molecule has 5 heteroatoms. The Balaban J connectivity index is 2.54. The Hall–Kier alpha value is -1.62. The summed E-state index contributed by atoms with van der Waals surface area (Å²) < 4.78 is 2.52. The summed E-state index contributed by atoms with van der Waals surface area (Å²) in [5, 5.41) is 16.1. The lowest BCUT2D eigenvalue weighted by atomic mass is 10.2. The third kappa shape index (κ3) is 1.78. The molecule has 0 atom stereocenters. The highest BCUT2D eigenvalue weighted by Gasteiger charge is 2.06. The number of aromatic amines is 1. The maximum atomic E-state index is 9.18. The number of nitrogens with zero attached hydrogens (tertiary/aromatic N) is 2. The van der Waals surface area contributed by atoms with Gasteiger partial charge < -0.3 is 9.67 Å². The van der Waals surface area contributed by atoms with Crippen molar-refractivity contribution < 1.29 is 5.11 Å². The van der Waals surface area contributed by atoms with Crippen LogP contribution in [0.1, 0.15) is 6.92 Å². The molecule has 1 aromatic carbocycles. The Labute approximate surface area is 92.2 Å². The Morgan fingerprint density at radius 1 is 1.40 bits per heavy atom. The van der Waals surface area contributed by atoms with Crippen LogP contribution in [0.3, 0.4) is 0 Å². The summed E-state index contributed by atoms with van der Waals surface area (Å²) in [6.45, 7) is 2.78. The maximum Gasteiger partial charge on any atom is 0.195 e. The molecule has 0 unspecified atom stereocenters. The fourth-order valence-corrected chi connectivity index (χ4v) is 1.70. The van der Waals surface area contributed by atoms with E-state index in [2.05, 4.69) is 10.2 Å². The molecule has 2 N–H and O–H groups in total. The Bertz CT molecular complexity index is 512. The quantitative estimate of drug-likeness (QED) is 0.765. The molecule has 2 rings (SSSR count). The number of aromatic hydroxyl groups is 1. The van der Waals surface area contributed by atoms with Crippen LogP contribution in [0, 0.1) is 4.77 Å². The van der Waals surface area contributed by atoms with Gasteiger partial charge in [-0.15, -0.1) is 0 Å². The first-order chi connectivity index (χ1) is 7.22. The lowest BCUT2D eigenvalue weighted by Crippen LogP contribution is -1.97. The van der Waals surface area contributed by atoms with Gasteiger partial charge in [-0.2, -0.15) is 5.10 Å². The Morgan fingerprint density at radius 3 is 2.67 bits per heavy atom. The van der Waals surface area contributed by atoms with E-state index in [1.807, 2.05) is 23.6 Å². The topological polar surface area (TPSA) is 53.8 Å². The van der Waals surface area contributed by atoms with Gasteiger partial charge in [0.25, 0.3) is 0 Å². The molecule has 0 aliphatic carbocycles. The van der Waals surface area contributed by atoms with Gasteiger partial charge in [0, 0.05) is 12.1 Å². The van der Waals surface area contributed by atoms with Crippen molar-refractivity contribution in [2.24, 2.45) is 0 Å². The zero-order chi connectivity index (χ0) is 10.8. The second kappa shape index (κ2) is 3.86. The molecule has 0 spiro atoms. The molecule has 0 fully saturated rings. The van der Waals surface area contributed by atoms with Gasteiger partial charge >= 0.3 is 0 Å². The van der Waals surface area contributed by atoms with Crippen LogP contribution < -0.4 is 0 Å². The zero-order valence-corrected chi connectivity index (χ0v) is 9.08. The summed E-state index contributed by atoms with van der Waals surface area (Å²) in [5.74, 6) is 1.04. The van der Waals surface area contributed by atoms with Crippen LogP contribution in [-0.4, -0.2) is 19.9 Å². The number of aromatic nitrogens is 3. The average Bonchev–Trinajstić information content (AvgIpc) is 2.61. The number of hydrogen-bond donors (Lipinski definition) is 2. The van der Waals surface area contributed by atoms with E-state index in [0.717, 1.165) is 17.9 Å². The predicted octanol–water partition coefficient (Wildman–Crippen LogP) is 2.33. The van der Waals surface area contributed by atoms with Crippen LogP contribution in [0.2, 0.25) is 0 Å². The molecule has 1 aromatic heterocycles. The molecule has 0 radical (unpaired) electrons. The predicted molar refractivity (Wildman–Crippen MR) is 60.2 cm³/mol. The van der Waals surface area contributed by atoms with E-state index in [1.54, 1.807) is 12.1 Å². The number of phenolic OH excluding ortho intramolecular Hbond substituents is 1. The highest BCUT2D eigenvalue weighted by molar-refractivity contribution is 7.71. The number of nitrogens with one attached hydrogen (secondary N) is 1. The monoisotopic (exact) mass is 221 g/mol. The molecule has 0 bridgehead atoms. The third-order valence-electron chi connectivity index (χ3n) is 2.20. The summed E-state index contributed by atoms with van der Waals surface area (Å²) in [7, 11) is 0. The van der Waals surface area contributed by atoms with Gasteiger partial charge in [0.2, 0.25) is 0 Å². The van der Waals surface area contributed by atoms with Crippen LogP contribution in [0.15, 0.2) is 24.3 Å². The molecule has 1 heterocycles. The normalized spacial score (nSPS) is 10.5. The van der Waals surface area contributed by atoms with Gasteiger partial charge in [0.05, 0.1) is 0 Å². The minimum atomic E-state index is 0.246. The summed E-state index contributed by atoms with van der Waals surface area (Å²) in [6.07, 6.45) is 0. The summed E-state index contributed by atoms with van der Waals surface area (Å²) in [6, 6.07) is 6.89. The van der Waals surface area contributed by atoms with Crippen molar-refractivity contribution in [2.75, 3.05) is 0 Å². The van der Waals surface area contributed by atoms with E-state index in [-0.39, 0.29) is 5.75 Å². The van der Waals surface area contributed by atoms with Crippen LogP contribution >= 0.6 is 12.2 Å². The van der Waals surface area contributed by atoms with Crippen molar-refractivity contribution in [3.63, 3.8) is 0 Å². The van der Waals surface area contributed by atoms with Gasteiger partial charge in [0.1, 0.15) is 5.75 Å². The molecular formula is C10H11N3OS. The van der Waals surface area contributed by atoms with Crippen molar-refractivity contribution in [2.45, 2.75) is 13.5 Å². The molecule has 4 nitrogen and oxygen atoms in total. The number of phenols is 1. The van der Waals surface area contributed by atoms with Gasteiger partial charge in [-0.05, 0) is 43.4 Å². The molecular weight excluding hydrogens is 210 g/mol. The zero-order valence-electron chi connectivity index (χ0n) is 8.27. The summed E-state index contributed by atoms with van der Waals surface area (Å²) in [5.41, 5.74) is 0.932. The van der Waals surface area contributed by atoms with E-state index >= 15 is 0 Å². The van der Waals surface area contributed by atoms with Crippen LogP contribution in [0.5, 0.6) is 5.75 Å². The number of H-pyrrole nitrogens is 1. The standard InChI is InChI=1S/C10H11N3OS/c1-2-13-9(11-12-10(13)15)7-3-5-8(14)6-4-7/h3-6,14H,2H2,1H3,(H,12,15). The van der Waals surface area contributed by atoms with E-state index in [9.17, 15) is 5.11 Å². The molecule has 0 saturated carbocycles. The molecule has 2 aromatic rings. The van der Waals surface area contributed by atoms with Gasteiger partial charge in [-0.25, -0.2) is 0 Å². The number of hydrogen-bond acceptors (Lipinski definition) is 3. The van der Waals surface area contributed by atoms with E-state index in [1.165, 1.54) is 0 Å². The van der Waals surface area contributed by atoms with Crippen molar-refractivity contribution in [3.05, 3.63) is 29.0 Å². The first kappa shape index (κ1) is 9.92. The fraction of sp³-hybridized carbons (Fsp3) is 0.200. The minimum absolute atomic E-state index is 0.246. The van der Waals surface area contributed by atoms with Crippen LogP contribution in [0.25, 0.3) is 11.4 Å².